The van der Waals surface area contributed by atoms with Crippen LogP contribution >= 0.6 is 0 Å². The first-order valence-corrected chi connectivity index (χ1v) is 4.83. The van der Waals surface area contributed by atoms with Crippen molar-refractivity contribution in [1.82, 2.24) is 0 Å². The smallest absolute Gasteiger partial charge is 0.139 e. The molecule has 12 heavy (non-hydrogen) atoms. The molecular weight excluding hydrogens is 152 g/mol. The highest BCUT2D eigenvalue weighted by Crippen LogP contribution is 2.37. The molecule has 0 spiro atoms. The number of ketones is 1. The molecule has 1 aliphatic carbocycles. The van der Waals surface area contributed by atoms with Crippen LogP contribution in [0.3, 0.4) is 0 Å². The Kier molecular flexibility index (Phi) is 1.95. The lowest BCUT2D eigenvalue weighted by molar-refractivity contribution is -0.129. The number of Topliss-reactive ketones (excluding diaryl/α,β-unsaturated/α-hetero) is 1. The third kappa shape index (κ3) is 1.18. The van der Waals surface area contributed by atoms with E-state index in [0.717, 1.165) is 19.4 Å². The molecule has 2 heteroatoms. The van der Waals surface area contributed by atoms with Crippen LogP contribution in [0.25, 0.3) is 0 Å². The molecule has 1 saturated heterocycles. The molecule has 0 aromatic rings. The Morgan fingerprint density at radius 1 is 1.42 bits per heavy atom. The van der Waals surface area contributed by atoms with Gasteiger partial charge in [-0.25, -0.2) is 0 Å². The Morgan fingerprint density at radius 3 is 2.92 bits per heavy atom. The van der Waals surface area contributed by atoms with Gasteiger partial charge in [-0.1, -0.05) is 13.8 Å². The van der Waals surface area contributed by atoms with Crippen molar-refractivity contribution in [3.63, 3.8) is 0 Å². The predicted molar refractivity (Wildman–Crippen MR) is 45.8 cm³/mol. The number of fused-ring (bicyclic) bond motifs is 1. The zero-order chi connectivity index (χ0) is 8.72. The minimum absolute atomic E-state index is 0.223. The van der Waals surface area contributed by atoms with E-state index in [2.05, 4.69) is 13.8 Å². The molecule has 2 nitrogen and oxygen atoms in total. The van der Waals surface area contributed by atoms with Gasteiger partial charge < -0.3 is 4.74 Å². The second kappa shape index (κ2) is 2.84. The summed E-state index contributed by atoms with van der Waals surface area (Å²) in [7, 11) is 0. The van der Waals surface area contributed by atoms with Gasteiger partial charge in [-0.05, 0) is 18.3 Å². The van der Waals surface area contributed by atoms with Crippen molar-refractivity contribution in [1.29, 1.82) is 0 Å². The quantitative estimate of drug-likeness (QED) is 0.549. The molecular formula is C10H16O2. The first kappa shape index (κ1) is 8.24. The van der Waals surface area contributed by atoms with Crippen molar-refractivity contribution in [2.45, 2.75) is 32.8 Å². The van der Waals surface area contributed by atoms with Gasteiger partial charge in [0.1, 0.15) is 5.78 Å². The van der Waals surface area contributed by atoms with Crippen LogP contribution < -0.4 is 0 Å². The topological polar surface area (TPSA) is 26.3 Å². The first-order chi connectivity index (χ1) is 5.68. The van der Waals surface area contributed by atoms with Crippen LogP contribution in [-0.4, -0.2) is 18.5 Å². The van der Waals surface area contributed by atoms with E-state index in [-0.39, 0.29) is 12.0 Å². The molecule has 0 amide bonds. The van der Waals surface area contributed by atoms with E-state index < -0.39 is 0 Å². The van der Waals surface area contributed by atoms with E-state index in [0.29, 0.717) is 17.6 Å². The van der Waals surface area contributed by atoms with E-state index in [4.69, 9.17) is 4.74 Å². The van der Waals surface area contributed by atoms with Crippen LogP contribution in [-0.2, 0) is 9.53 Å². The molecule has 1 heterocycles. The average Bonchev–Trinajstić information content (AvgIpc) is 2.31. The van der Waals surface area contributed by atoms with Gasteiger partial charge in [0.05, 0.1) is 12.7 Å². The third-order valence-corrected chi connectivity index (χ3v) is 3.14. The molecule has 4 atom stereocenters. The monoisotopic (exact) mass is 168 g/mol. The molecule has 0 bridgehead atoms. The Labute approximate surface area is 73.3 Å². The summed E-state index contributed by atoms with van der Waals surface area (Å²) in [6, 6.07) is 0. The molecule has 0 aromatic heterocycles. The summed E-state index contributed by atoms with van der Waals surface area (Å²) in [5.74, 6) is 1.64. The zero-order valence-corrected chi connectivity index (χ0v) is 7.75. The number of rotatable bonds is 0. The Morgan fingerprint density at radius 2 is 2.17 bits per heavy atom. The second-order valence-corrected chi connectivity index (χ2v) is 4.39. The van der Waals surface area contributed by atoms with Crippen LogP contribution in [0.5, 0.6) is 0 Å². The van der Waals surface area contributed by atoms with Crippen LogP contribution in [0.4, 0.5) is 0 Å². The van der Waals surface area contributed by atoms with Crippen molar-refractivity contribution >= 4 is 5.78 Å². The molecule has 2 rings (SSSR count). The number of carbonyl (C=O) groups excluding carboxylic acids is 1. The van der Waals surface area contributed by atoms with Crippen molar-refractivity contribution in [2.24, 2.45) is 17.8 Å². The summed E-state index contributed by atoms with van der Waals surface area (Å²) in [5.41, 5.74) is 0. The molecule has 1 saturated carbocycles. The SMILES string of the molecule is CC1COC2C[C@@H](C)CC(=O)C12. The predicted octanol–water partition coefficient (Wildman–Crippen LogP) is 1.64. The largest absolute Gasteiger partial charge is 0.377 e. The molecule has 2 aliphatic rings. The summed E-state index contributed by atoms with van der Waals surface area (Å²) in [4.78, 5) is 11.6. The summed E-state index contributed by atoms with van der Waals surface area (Å²) in [6.45, 7) is 5.05. The zero-order valence-electron chi connectivity index (χ0n) is 7.75. The fraction of sp³-hybridized carbons (Fsp3) is 0.900. The lowest BCUT2D eigenvalue weighted by Crippen LogP contribution is -2.35. The Balaban J connectivity index is 2.14. The van der Waals surface area contributed by atoms with Crippen LogP contribution in [0.2, 0.25) is 0 Å². The van der Waals surface area contributed by atoms with Crippen molar-refractivity contribution in [3.8, 4) is 0 Å². The molecule has 0 N–H and O–H groups in total. The highest BCUT2D eigenvalue weighted by molar-refractivity contribution is 5.83. The van der Waals surface area contributed by atoms with Gasteiger partial charge in [-0.2, -0.15) is 0 Å². The van der Waals surface area contributed by atoms with Gasteiger partial charge >= 0.3 is 0 Å². The molecule has 3 unspecified atom stereocenters. The van der Waals surface area contributed by atoms with Gasteiger partial charge in [0.15, 0.2) is 0 Å². The maximum atomic E-state index is 11.6. The summed E-state index contributed by atoms with van der Waals surface area (Å²) in [6.07, 6.45) is 2.10. The standard InChI is InChI=1S/C10H16O2/c1-6-3-8(11)10-7(2)5-12-9(10)4-6/h6-7,9-10H,3-5H2,1-2H3/t6-,7?,9?,10?/m0/s1. The second-order valence-electron chi connectivity index (χ2n) is 4.39. The van der Waals surface area contributed by atoms with Crippen LogP contribution in [0.15, 0.2) is 0 Å². The number of ether oxygens (including phenoxy) is 1. The number of carbonyl (C=O) groups is 1. The summed E-state index contributed by atoms with van der Waals surface area (Å²) < 4.78 is 5.59. The van der Waals surface area contributed by atoms with Gasteiger partial charge in [0.25, 0.3) is 0 Å². The van der Waals surface area contributed by atoms with Gasteiger partial charge in [-0.15, -0.1) is 0 Å². The lowest BCUT2D eigenvalue weighted by atomic mass is 9.76. The average molecular weight is 168 g/mol. The van der Waals surface area contributed by atoms with E-state index in [1.165, 1.54) is 0 Å². The van der Waals surface area contributed by atoms with E-state index in [9.17, 15) is 4.79 Å². The number of hydrogen-bond donors (Lipinski definition) is 0. The Bertz CT molecular complexity index is 200. The van der Waals surface area contributed by atoms with Crippen LogP contribution in [0.1, 0.15) is 26.7 Å². The highest BCUT2D eigenvalue weighted by atomic mass is 16.5. The highest BCUT2D eigenvalue weighted by Gasteiger charge is 2.43. The van der Waals surface area contributed by atoms with E-state index >= 15 is 0 Å². The molecule has 0 aromatic carbocycles. The van der Waals surface area contributed by atoms with E-state index in [1.807, 2.05) is 0 Å². The summed E-state index contributed by atoms with van der Waals surface area (Å²) in [5, 5.41) is 0. The molecule has 1 aliphatic heterocycles. The van der Waals surface area contributed by atoms with E-state index in [1.54, 1.807) is 0 Å². The number of hydrogen-bond acceptors (Lipinski definition) is 2. The summed E-state index contributed by atoms with van der Waals surface area (Å²) >= 11 is 0. The third-order valence-electron chi connectivity index (χ3n) is 3.14. The fourth-order valence-corrected chi connectivity index (χ4v) is 2.55. The first-order valence-electron chi connectivity index (χ1n) is 4.83. The van der Waals surface area contributed by atoms with Gasteiger partial charge in [0, 0.05) is 12.3 Å². The fourth-order valence-electron chi connectivity index (χ4n) is 2.55. The van der Waals surface area contributed by atoms with Crippen LogP contribution in [0, 0.1) is 17.8 Å². The molecule has 2 fully saturated rings. The minimum atomic E-state index is 0.223. The molecule has 68 valence electrons. The van der Waals surface area contributed by atoms with Crippen molar-refractivity contribution in [3.05, 3.63) is 0 Å². The maximum absolute atomic E-state index is 11.6. The molecule has 0 radical (unpaired) electrons. The van der Waals surface area contributed by atoms with Gasteiger partial charge in [-0.3, -0.25) is 4.79 Å². The maximum Gasteiger partial charge on any atom is 0.139 e. The lowest BCUT2D eigenvalue weighted by Gasteiger charge is -2.28. The van der Waals surface area contributed by atoms with Gasteiger partial charge in [0.2, 0.25) is 0 Å². The Hall–Kier alpha value is -0.370. The normalized spacial score (nSPS) is 47.7. The van der Waals surface area contributed by atoms with Crippen molar-refractivity contribution < 1.29 is 9.53 Å². The van der Waals surface area contributed by atoms with Crippen molar-refractivity contribution in [2.75, 3.05) is 6.61 Å². The minimum Gasteiger partial charge on any atom is -0.377 e.